The van der Waals surface area contributed by atoms with Crippen molar-refractivity contribution in [1.29, 1.82) is 0 Å². The number of amides is 2. The Bertz CT molecular complexity index is 114. The van der Waals surface area contributed by atoms with Gasteiger partial charge in [-0.05, 0) is 0 Å². The van der Waals surface area contributed by atoms with Gasteiger partial charge in [0.2, 0.25) is 12.3 Å². The first-order valence-electron chi connectivity index (χ1n) is 2.32. The molecule has 0 fully saturated rings. The van der Waals surface area contributed by atoms with Crippen LogP contribution in [0.2, 0.25) is 0 Å². The smallest absolute Gasteiger partial charge is 0.242 e. The van der Waals surface area contributed by atoms with Gasteiger partial charge in [0.1, 0.15) is 6.04 Å². The van der Waals surface area contributed by atoms with E-state index in [9.17, 15) is 9.59 Å². The van der Waals surface area contributed by atoms with Gasteiger partial charge >= 0.3 is 0 Å². The van der Waals surface area contributed by atoms with E-state index in [4.69, 9.17) is 10.8 Å². The third-order valence-corrected chi connectivity index (χ3v) is 0.795. The second kappa shape index (κ2) is 3.85. The molecule has 1 atom stereocenters. The lowest BCUT2D eigenvalue weighted by molar-refractivity contribution is -0.123. The van der Waals surface area contributed by atoms with Crippen molar-refractivity contribution in [2.45, 2.75) is 6.04 Å². The molecule has 0 bridgehead atoms. The molecule has 0 aromatic carbocycles. The molecule has 52 valence electrons. The van der Waals surface area contributed by atoms with Crippen molar-refractivity contribution in [1.82, 2.24) is 5.32 Å². The van der Waals surface area contributed by atoms with E-state index < -0.39 is 18.6 Å². The molecule has 0 aliphatic rings. The zero-order valence-electron chi connectivity index (χ0n) is 4.70. The molecule has 0 saturated carbocycles. The molecular weight excluding hydrogens is 124 g/mol. The molecule has 0 aromatic rings. The van der Waals surface area contributed by atoms with Crippen molar-refractivity contribution in [2.75, 3.05) is 6.61 Å². The van der Waals surface area contributed by atoms with Crippen LogP contribution in [0.5, 0.6) is 0 Å². The Labute approximate surface area is 51.8 Å². The molecule has 0 saturated heterocycles. The van der Waals surface area contributed by atoms with Crippen LogP contribution in [0.15, 0.2) is 0 Å². The van der Waals surface area contributed by atoms with Crippen LogP contribution in [0.3, 0.4) is 0 Å². The molecule has 0 aliphatic heterocycles. The minimum absolute atomic E-state index is 0.311. The summed E-state index contributed by atoms with van der Waals surface area (Å²) in [5.74, 6) is -0.746. The Morgan fingerprint density at radius 2 is 2.44 bits per heavy atom. The van der Waals surface area contributed by atoms with Crippen molar-refractivity contribution < 1.29 is 14.7 Å². The first-order valence-corrected chi connectivity index (χ1v) is 2.32. The van der Waals surface area contributed by atoms with Crippen molar-refractivity contribution >= 4 is 12.3 Å². The first-order chi connectivity index (χ1) is 4.22. The third kappa shape index (κ3) is 2.65. The Kier molecular flexibility index (Phi) is 3.38. The van der Waals surface area contributed by atoms with E-state index in [2.05, 4.69) is 0 Å². The first kappa shape index (κ1) is 7.90. The molecule has 0 aromatic heterocycles. The standard InChI is InChI=1S/C4H8N2O3/c5-4(9)3(1-7)6-2-8/h2-3,7H,1H2,(H2,5,9)(H,6,8). The topological polar surface area (TPSA) is 92.4 Å². The molecule has 5 heteroatoms. The van der Waals surface area contributed by atoms with Crippen LogP contribution in [0.1, 0.15) is 0 Å². The van der Waals surface area contributed by atoms with Gasteiger partial charge in [-0.25, -0.2) is 0 Å². The largest absolute Gasteiger partial charge is 0.394 e. The number of aliphatic hydroxyl groups is 1. The molecule has 4 N–H and O–H groups in total. The number of aliphatic hydroxyl groups excluding tert-OH is 1. The molecule has 0 spiro atoms. The summed E-state index contributed by atoms with van der Waals surface area (Å²) in [6.45, 7) is -0.464. The lowest BCUT2D eigenvalue weighted by atomic mass is 10.3. The monoisotopic (exact) mass is 132 g/mol. The number of nitrogens with one attached hydrogen (secondary N) is 1. The van der Waals surface area contributed by atoms with Gasteiger partial charge in [0.15, 0.2) is 0 Å². The molecule has 1 unspecified atom stereocenters. The SMILES string of the molecule is NC(=O)C(CO)NC=O. The number of rotatable bonds is 4. The van der Waals surface area contributed by atoms with E-state index in [1.54, 1.807) is 0 Å². The number of hydrogen-bond donors (Lipinski definition) is 3. The van der Waals surface area contributed by atoms with Gasteiger partial charge < -0.3 is 16.2 Å². The fourth-order valence-electron chi connectivity index (χ4n) is 0.307. The summed E-state index contributed by atoms with van der Waals surface area (Å²) in [6, 6.07) is -0.956. The van der Waals surface area contributed by atoms with E-state index >= 15 is 0 Å². The molecule has 2 amide bonds. The van der Waals surface area contributed by atoms with E-state index in [-0.39, 0.29) is 0 Å². The van der Waals surface area contributed by atoms with Crippen molar-refractivity contribution in [3.05, 3.63) is 0 Å². The minimum Gasteiger partial charge on any atom is -0.394 e. The summed E-state index contributed by atoms with van der Waals surface area (Å²) in [7, 11) is 0. The molecule has 0 aliphatic carbocycles. The van der Waals surface area contributed by atoms with Crippen molar-refractivity contribution in [3.8, 4) is 0 Å². The third-order valence-electron chi connectivity index (χ3n) is 0.795. The highest BCUT2D eigenvalue weighted by atomic mass is 16.3. The van der Waals surface area contributed by atoms with Gasteiger partial charge in [-0.2, -0.15) is 0 Å². The molecular formula is C4H8N2O3. The number of primary amides is 1. The maximum absolute atomic E-state index is 10.2. The second-order valence-corrected chi connectivity index (χ2v) is 1.42. The Morgan fingerprint density at radius 1 is 1.89 bits per heavy atom. The summed E-state index contributed by atoms with van der Waals surface area (Å²) in [6.07, 6.45) is 0.311. The lowest BCUT2D eigenvalue weighted by Crippen LogP contribution is -2.43. The summed E-state index contributed by atoms with van der Waals surface area (Å²) >= 11 is 0. The van der Waals surface area contributed by atoms with Gasteiger partial charge in [-0.3, -0.25) is 9.59 Å². The number of carbonyl (C=O) groups is 2. The normalized spacial score (nSPS) is 12.1. The maximum Gasteiger partial charge on any atom is 0.242 e. The van der Waals surface area contributed by atoms with Gasteiger partial charge in [0, 0.05) is 0 Å². The zero-order chi connectivity index (χ0) is 7.28. The Morgan fingerprint density at radius 3 is 2.56 bits per heavy atom. The highest BCUT2D eigenvalue weighted by Gasteiger charge is 2.10. The predicted octanol–water partition coefficient (Wildman–Crippen LogP) is -2.42. The Hall–Kier alpha value is -1.10. The van der Waals surface area contributed by atoms with Crippen LogP contribution in [-0.2, 0) is 9.59 Å². The summed E-state index contributed by atoms with van der Waals surface area (Å²) < 4.78 is 0. The van der Waals surface area contributed by atoms with Gasteiger partial charge in [0.25, 0.3) is 0 Å². The molecule has 5 nitrogen and oxygen atoms in total. The molecule has 0 radical (unpaired) electrons. The van der Waals surface area contributed by atoms with E-state index in [0.29, 0.717) is 6.41 Å². The van der Waals surface area contributed by atoms with Crippen molar-refractivity contribution in [2.24, 2.45) is 5.73 Å². The van der Waals surface area contributed by atoms with Gasteiger partial charge in [-0.15, -0.1) is 0 Å². The van der Waals surface area contributed by atoms with Crippen LogP contribution in [-0.4, -0.2) is 30.1 Å². The van der Waals surface area contributed by atoms with Crippen LogP contribution < -0.4 is 11.1 Å². The predicted molar refractivity (Wildman–Crippen MR) is 29.3 cm³/mol. The number of carbonyl (C=O) groups excluding carboxylic acids is 2. The molecule has 0 heterocycles. The maximum atomic E-state index is 10.2. The Balaban J connectivity index is 3.67. The van der Waals surface area contributed by atoms with E-state index in [1.165, 1.54) is 0 Å². The van der Waals surface area contributed by atoms with E-state index in [1.807, 2.05) is 5.32 Å². The number of nitrogens with two attached hydrogens (primary N) is 1. The second-order valence-electron chi connectivity index (χ2n) is 1.42. The fraction of sp³-hybridized carbons (Fsp3) is 0.500. The fourth-order valence-corrected chi connectivity index (χ4v) is 0.307. The zero-order valence-corrected chi connectivity index (χ0v) is 4.70. The van der Waals surface area contributed by atoms with Crippen LogP contribution >= 0.6 is 0 Å². The summed E-state index contributed by atoms with van der Waals surface area (Å²) in [4.78, 5) is 19.8. The van der Waals surface area contributed by atoms with Crippen LogP contribution in [0.4, 0.5) is 0 Å². The highest BCUT2D eigenvalue weighted by molar-refractivity contribution is 5.81. The van der Waals surface area contributed by atoms with Crippen LogP contribution in [0, 0.1) is 0 Å². The van der Waals surface area contributed by atoms with Crippen LogP contribution in [0.25, 0.3) is 0 Å². The average Bonchev–Trinajstić information content (AvgIpc) is 1.82. The highest BCUT2D eigenvalue weighted by Crippen LogP contribution is 1.74. The van der Waals surface area contributed by atoms with E-state index in [0.717, 1.165) is 0 Å². The van der Waals surface area contributed by atoms with Gasteiger partial charge in [0.05, 0.1) is 6.61 Å². The quantitative estimate of drug-likeness (QED) is 0.371. The summed E-state index contributed by atoms with van der Waals surface area (Å²) in [5.41, 5.74) is 4.71. The average molecular weight is 132 g/mol. The van der Waals surface area contributed by atoms with Gasteiger partial charge in [-0.1, -0.05) is 0 Å². The summed E-state index contributed by atoms with van der Waals surface area (Å²) in [5, 5.41) is 10.3. The molecule has 9 heavy (non-hydrogen) atoms. The minimum atomic E-state index is -0.956. The lowest BCUT2D eigenvalue weighted by Gasteiger charge is -2.05. The number of hydrogen-bond acceptors (Lipinski definition) is 3. The van der Waals surface area contributed by atoms with Crippen molar-refractivity contribution in [3.63, 3.8) is 0 Å². The molecule has 0 rings (SSSR count).